The number of sulfonamides is 1. The largest absolute Gasteiger partial charge is 0.480 e. The molecular formula is C16H13ClN4O3S. The van der Waals surface area contributed by atoms with Crippen LogP contribution in [0.1, 0.15) is 12.5 Å². The quantitative estimate of drug-likeness (QED) is 0.682. The number of aromatic nitrogens is 3. The van der Waals surface area contributed by atoms with Gasteiger partial charge in [-0.15, -0.1) is 5.92 Å². The number of hydrogen-bond donors (Lipinski definition) is 2. The second-order valence-corrected chi connectivity index (χ2v) is 7.03. The molecule has 0 aliphatic carbocycles. The summed E-state index contributed by atoms with van der Waals surface area (Å²) < 4.78 is 32.8. The van der Waals surface area contributed by atoms with Crippen LogP contribution in [0.2, 0.25) is 5.02 Å². The van der Waals surface area contributed by atoms with Gasteiger partial charge >= 0.3 is 0 Å². The zero-order valence-electron chi connectivity index (χ0n) is 13.3. The average molecular weight is 377 g/mol. The van der Waals surface area contributed by atoms with E-state index in [1.165, 1.54) is 19.5 Å². The minimum atomic E-state index is -3.90. The van der Waals surface area contributed by atoms with E-state index in [0.29, 0.717) is 21.5 Å². The van der Waals surface area contributed by atoms with Crippen molar-refractivity contribution in [3.63, 3.8) is 0 Å². The van der Waals surface area contributed by atoms with E-state index in [4.69, 9.17) is 16.3 Å². The highest BCUT2D eigenvalue weighted by Gasteiger charge is 2.21. The third kappa shape index (κ3) is 3.38. The molecule has 0 bridgehead atoms. The van der Waals surface area contributed by atoms with Crippen molar-refractivity contribution >= 4 is 38.5 Å². The van der Waals surface area contributed by atoms with E-state index < -0.39 is 10.0 Å². The van der Waals surface area contributed by atoms with E-state index in [9.17, 15) is 8.42 Å². The molecule has 0 saturated heterocycles. The Morgan fingerprint density at radius 1 is 1.36 bits per heavy atom. The number of halogens is 1. The topological polar surface area (TPSA) is 97.0 Å². The average Bonchev–Trinajstić information content (AvgIpc) is 3.00. The van der Waals surface area contributed by atoms with Gasteiger partial charge < -0.3 is 9.72 Å². The van der Waals surface area contributed by atoms with Gasteiger partial charge in [-0.1, -0.05) is 17.5 Å². The van der Waals surface area contributed by atoms with E-state index in [-0.39, 0.29) is 16.7 Å². The third-order valence-corrected chi connectivity index (χ3v) is 4.93. The van der Waals surface area contributed by atoms with Crippen LogP contribution in [0.5, 0.6) is 5.88 Å². The molecule has 9 heteroatoms. The van der Waals surface area contributed by atoms with Gasteiger partial charge in [-0.25, -0.2) is 18.1 Å². The molecule has 0 saturated carbocycles. The summed E-state index contributed by atoms with van der Waals surface area (Å²) in [5, 5.41) is 1.02. The number of benzene rings is 1. The Kier molecular flexibility index (Phi) is 4.53. The smallest absolute Gasteiger partial charge is 0.266 e. The molecule has 25 heavy (non-hydrogen) atoms. The van der Waals surface area contributed by atoms with E-state index in [1.54, 1.807) is 25.1 Å². The number of aromatic amines is 1. The molecule has 0 spiro atoms. The minimum Gasteiger partial charge on any atom is -0.480 e. The van der Waals surface area contributed by atoms with Gasteiger partial charge in [0, 0.05) is 22.1 Å². The van der Waals surface area contributed by atoms with Crippen molar-refractivity contribution in [1.29, 1.82) is 0 Å². The lowest BCUT2D eigenvalue weighted by molar-refractivity contribution is 0.396. The Morgan fingerprint density at radius 2 is 2.16 bits per heavy atom. The Bertz CT molecular complexity index is 1110. The molecule has 7 nitrogen and oxygen atoms in total. The minimum absolute atomic E-state index is 0.0687. The molecule has 0 aliphatic heterocycles. The van der Waals surface area contributed by atoms with Crippen molar-refractivity contribution in [2.24, 2.45) is 0 Å². The number of anilines is 1. The highest BCUT2D eigenvalue weighted by molar-refractivity contribution is 7.93. The number of methoxy groups -OCH3 is 1. The second-order valence-electron chi connectivity index (χ2n) is 4.94. The van der Waals surface area contributed by atoms with Gasteiger partial charge in [0.1, 0.15) is 10.5 Å². The Morgan fingerprint density at radius 3 is 2.88 bits per heavy atom. The van der Waals surface area contributed by atoms with Crippen molar-refractivity contribution in [3.8, 4) is 17.7 Å². The van der Waals surface area contributed by atoms with Gasteiger partial charge in [0.25, 0.3) is 10.0 Å². The number of rotatable bonds is 4. The number of nitrogens with zero attached hydrogens (tertiary/aromatic N) is 2. The molecule has 0 amide bonds. The van der Waals surface area contributed by atoms with Gasteiger partial charge in [-0.05, 0) is 25.1 Å². The number of fused-ring (bicyclic) bond motifs is 1. The molecule has 1 aromatic carbocycles. The predicted molar refractivity (Wildman–Crippen MR) is 95.3 cm³/mol. The molecule has 3 aromatic rings. The van der Waals surface area contributed by atoms with E-state index >= 15 is 0 Å². The Balaban J connectivity index is 1.99. The van der Waals surface area contributed by atoms with Gasteiger partial charge in [0.2, 0.25) is 11.8 Å². The van der Waals surface area contributed by atoms with Crippen LogP contribution in [0.15, 0.2) is 35.5 Å². The number of hydrogen-bond acceptors (Lipinski definition) is 5. The lowest BCUT2D eigenvalue weighted by atomic mass is 10.2. The van der Waals surface area contributed by atoms with Gasteiger partial charge in [0.05, 0.1) is 13.3 Å². The van der Waals surface area contributed by atoms with Gasteiger partial charge in [-0.3, -0.25) is 0 Å². The van der Waals surface area contributed by atoms with Crippen LogP contribution in [0.25, 0.3) is 10.9 Å². The fraction of sp³-hybridized carbons (Fsp3) is 0.125. The molecular weight excluding hydrogens is 364 g/mol. The van der Waals surface area contributed by atoms with Crippen LogP contribution in [0, 0.1) is 11.8 Å². The van der Waals surface area contributed by atoms with E-state index in [2.05, 4.69) is 31.5 Å². The van der Waals surface area contributed by atoms with Crippen molar-refractivity contribution in [1.82, 2.24) is 15.0 Å². The van der Waals surface area contributed by atoms with E-state index in [0.717, 1.165) is 0 Å². The molecule has 0 radical (unpaired) electrons. The van der Waals surface area contributed by atoms with Crippen molar-refractivity contribution in [2.45, 2.75) is 11.8 Å². The summed E-state index contributed by atoms with van der Waals surface area (Å²) in [6, 6.07) is 4.90. The maximum Gasteiger partial charge on any atom is 0.266 e. The summed E-state index contributed by atoms with van der Waals surface area (Å²) in [5.74, 6) is 5.57. The summed E-state index contributed by atoms with van der Waals surface area (Å²) in [7, 11) is -2.48. The summed E-state index contributed by atoms with van der Waals surface area (Å²) in [4.78, 5) is 11.0. The van der Waals surface area contributed by atoms with Gasteiger partial charge in [-0.2, -0.15) is 4.98 Å². The van der Waals surface area contributed by atoms with E-state index in [1.807, 2.05) is 0 Å². The normalized spacial score (nSPS) is 11.0. The molecule has 2 N–H and O–H groups in total. The lowest BCUT2D eigenvalue weighted by Crippen LogP contribution is -2.15. The SMILES string of the molecule is CC#Cc1cnc(NS(=O)(=O)c2c[nH]c3cc(Cl)ccc23)nc1OC. The summed E-state index contributed by atoms with van der Waals surface area (Å²) in [6.07, 6.45) is 2.78. The maximum atomic E-state index is 12.7. The fourth-order valence-corrected chi connectivity index (χ4v) is 3.56. The van der Waals surface area contributed by atoms with Crippen LogP contribution < -0.4 is 9.46 Å². The molecule has 128 valence electrons. The standard InChI is InChI=1S/C16H13ClN4O3S/c1-3-4-10-8-19-16(20-15(10)24-2)21-25(22,23)14-9-18-13-7-11(17)5-6-12(13)14/h5-9,18H,1-2H3,(H,19,20,21). The molecule has 0 fully saturated rings. The lowest BCUT2D eigenvalue weighted by Gasteiger charge is -2.08. The first-order chi connectivity index (χ1) is 11.9. The monoisotopic (exact) mass is 376 g/mol. The summed E-state index contributed by atoms with van der Waals surface area (Å²) >= 11 is 5.92. The molecule has 2 aromatic heterocycles. The fourth-order valence-electron chi connectivity index (χ4n) is 2.26. The first-order valence-electron chi connectivity index (χ1n) is 7.08. The van der Waals surface area contributed by atoms with Crippen molar-refractivity contribution in [3.05, 3.63) is 41.2 Å². The molecule has 0 atom stereocenters. The maximum absolute atomic E-state index is 12.7. The first-order valence-corrected chi connectivity index (χ1v) is 8.94. The first kappa shape index (κ1) is 17.1. The third-order valence-electron chi connectivity index (χ3n) is 3.33. The summed E-state index contributed by atoms with van der Waals surface area (Å²) in [6.45, 7) is 1.67. The summed E-state index contributed by atoms with van der Waals surface area (Å²) in [5.41, 5.74) is 1.08. The molecule has 2 heterocycles. The molecule has 3 rings (SSSR count). The number of H-pyrrole nitrogens is 1. The molecule has 0 unspecified atom stereocenters. The second kappa shape index (κ2) is 6.63. The van der Waals surface area contributed by atoms with Gasteiger partial charge in [0.15, 0.2) is 0 Å². The van der Waals surface area contributed by atoms with Crippen LogP contribution in [0.3, 0.4) is 0 Å². The highest BCUT2D eigenvalue weighted by Crippen LogP contribution is 2.26. The molecule has 0 aliphatic rings. The van der Waals surface area contributed by atoms with Crippen molar-refractivity contribution < 1.29 is 13.2 Å². The number of ether oxygens (including phenoxy) is 1. The van der Waals surface area contributed by atoms with Crippen LogP contribution >= 0.6 is 11.6 Å². The van der Waals surface area contributed by atoms with Crippen LogP contribution in [-0.4, -0.2) is 30.5 Å². The number of nitrogens with one attached hydrogen (secondary N) is 2. The van der Waals surface area contributed by atoms with Crippen LogP contribution in [-0.2, 0) is 10.0 Å². The van der Waals surface area contributed by atoms with Crippen molar-refractivity contribution in [2.75, 3.05) is 11.8 Å². The highest BCUT2D eigenvalue weighted by atomic mass is 35.5. The zero-order valence-corrected chi connectivity index (χ0v) is 14.9. The predicted octanol–water partition coefficient (Wildman–Crippen LogP) is 2.79. The Hall–Kier alpha value is -2.76. The van der Waals surface area contributed by atoms with Crippen LogP contribution in [0.4, 0.5) is 5.95 Å². The Labute approximate surface area is 149 Å². The zero-order chi connectivity index (χ0) is 18.0.